The summed E-state index contributed by atoms with van der Waals surface area (Å²) in [5, 5.41) is 11.1. The molecule has 9 nitrogen and oxygen atoms in total. The Kier molecular flexibility index (Phi) is 6.59. The highest BCUT2D eigenvalue weighted by atomic mass is 16.5. The molecule has 0 radical (unpaired) electrons. The van der Waals surface area contributed by atoms with Gasteiger partial charge in [-0.05, 0) is 19.1 Å². The van der Waals surface area contributed by atoms with Gasteiger partial charge in [0.25, 0.3) is 0 Å². The largest absolute Gasteiger partial charge is 0.489 e. The molecule has 9 heteroatoms. The average molecular weight is 374 g/mol. The van der Waals surface area contributed by atoms with Crippen molar-refractivity contribution in [3.63, 3.8) is 0 Å². The van der Waals surface area contributed by atoms with Gasteiger partial charge in [-0.2, -0.15) is 0 Å². The van der Waals surface area contributed by atoms with Gasteiger partial charge in [-0.3, -0.25) is 4.98 Å². The van der Waals surface area contributed by atoms with Crippen molar-refractivity contribution in [2.45, 2.75) is 38.5 Å². The second-order valence-corrected chi connectivity index (χ2v) is 6.54. The van der Waals surface area contributed by atoms with Gasteiger partial charge in [0.2, 0.25) is 0 Å². The Balaban J connectivity index is 1.47. The minimum Gasteiger partial charge on any atom is -0.489 e. The molecule has 0 unspecified atom stereocenters. The molecule has 1 aliphatic rings. The molecule has 1 aliphatic heterocycles. The topological polar surface area (TPSA) is 94.4 Å². The van der Waals surface area contributed by atoms with E-state index in [2.05, 4.69) is 20.5 Å². The molecule has 0 aromatic carbocycles. The highest BCUT2D eigenvalue weighted by Gasteiger charge is 2.25. The van der Waals surface area contributed by atoms with Crippen LogP contribution in [0, 0.1) is 0 Å². The summed E-state index contributed by atoms with van der Waals surface area (Å²) >= 11 is 0. The summed E-state index contributed by atoms with van der Waals surface area (Å²) < 4.78 is 12.9. The fraction of sp³-hybridized carbons (Fsp3) is 0.556. The van der Waals surface area contributed by atoms with E-state index in [-0.39, 0.29) is 18.2 Å². The molecule has 1 N–H and O–H groups in total. The lowest BCUT2D eigenvalue weighted by molar-refractivity contribution is 0.109. The van der Waals surface area contributed by atoms with Gasteiger partial charge in [0.1, 0.15) is 18.2 Å². The number of nitrogens with zero attached hydrogens (tertiary/aromatic N) is 5. The first kappa shape index (κ1) is 19.1. The first-order valence-corrected chi connectivity index (χ1v) is 9.16. The number of rotatable bonds is 7. The molecule has 1 fully saturated rings. The molecular formula is C18H26N6O3. The van der Waals surface area contributed by atoms with Crippen LogP contribution in [0.4, 0.5) is 4.79 Å². The van der Waals surface area contributed by atoms with Crippen LogP contribution in [0.2, 0.25) is 0 Å². The maximum Gasteiger partial charge on any atom is 0.317 e. The molecule has 3 heterocycles. The third-order valence-electron chi connectivity index (χ3n) is 4.58. The van der Waals surface area contributed by atoms with Crippen molar-refractivity contribution in [2.75, 3.05) is 26.8 Å². The molecule has 2 aromatic heterocycles. The maximum atomic E-state index is 12.6. The fourth-order valence-corrected chi connectivity index (χ4v) is 3.09. The van der Waals surface area contributed by atoms with E-state index in [1.807, 2.05) is 28.5 Å². The van der Waals surface area contributed by atoms with Gasteiger partial charge in [0, 0.05) is 45.8 Å². The molecule has 0 bridgehead atoms. The number of urea groups is 1. The molecule has 27 heavy (non-hydrogen) atoms. The van der Waals surface area contributed by atoms with Crippen LogP contribution in [-0.4, -0.2) is 63.6 Å². The summed E-state index contributed by atoms with van der Waals surface area (Å²) in [6.07, 6.45) is 6.77. The van der Waals surface area contributed by atoms with Gasteiger partial charge in [-0.1, -0.05) is 0 Å². The summed E-state index contributed by atoms with van der Waals surface area (Å²) in [6, 6.07) is 3.42. The number of amides is 2. The van der Waals surface area contributed by atoms with Crippen LogP contribution in [0.3, 0.4) is 0 Å². The summed E-state index contributed by atoms with van der Waals surface area (Å²) in [6.45, 7) is 4.43. The Bertz CT molecular complexity index is 715. The van der Waals surface area contributed by atoms with Crippen molar-refractivity contribution >= 4 is 6.03 Å². The minimum atomic E-state index is -0.235. The van der Waals surface area contributed by atoms with E-state index >= 15 is 0 Å². The van der Waals surface area contributed by atoms with Crippen LogP contribution < -0.4 is 10.1 Å². The van der Waals surface area contributed by atoms with Gasteiger partial charge in [0.15, 0.2) is 5.82 Å². The second-order valence-electron chi connectivity index (χ2n) is 6.54. The quantitative estimate of drug-likeness (QED) is 0.792. The van der Waals surface area contributed by atoms with Crippen molar-refractivity contribution in [1.82, 2.24) is 30.0 Å². The van der Waals surface area contributed by atoms with Crippen LogP contribution >= 0.6 is 0 Å². The lowest BCUT2D eigenvalue weighted by atomic mass is 10.1. The Hall–Kier alpha value is -2.68. The summed E-state index contributed by atoms with van der Waals surface area (Å²) in [5.74, 6) is 1.49. The van der Waals surface area contributed by atoms with Gasteiger partial charge in [-0.25, -0.2) is 4.79 Å². The number of hydrogen-bond acceptors (Lipinski definition) is 6. The smallest absolute Gasteiger partial charge is 0.317 e. The molecule has 0 saturated carbocycles. The molecule has 1 saturated heterocycles. The van der Waals surface area contributed by atoms with Crippen LogP contribution in [0.5, 0.6) is 5.75 Å². The number of likely N-dealkylation sites (tertiary alicyclic amines) is 1. The van der Waals surface area contributed by atoms with Crippen LogP contribution in [0.1, 0.15) is 31.6 Å². The molecular weight excluding hydrogens is 348 g/mol. The molecule has 3 rings (SSSR count). The first-order chi connectivity index (χ1) is 13.2. The fourth-order valence-electron chi connectivity index (χ4n) is 3.09. The molecule has 146 valence electrons. The Morgan fingerprint density at radius 1 is 1.41 bits per heavy atom. The SMILES string of the molecule is COCCn1cnnc1[C@H](C)NC(=O)N1CCC(Oc2cccnc2)CC1. The number of ether oxygens (including phenoxy) is 2. The standard InChI is InChI=1S/C18H26N6O3/c1-14(17-22-20-13-24(17)10-11-26-2)21-18(25)23-8-5-15(6-9-23)27-16-4-3-7-19-12-16/h3-4,7,12-15H,5-6,8-11H2,1-2H3,(H,21,25)/t14-/m0/s1. The van der Waals surface area contributed by atoms with E-state index in [4.69, 9.17) is 9.47 Å². The Morgan fingerprint density at radius 2 is 2.22 bits per heavy atom. The third-order valence-corrected chi connectivity index (χ3v) is 4.58. The molecule has 1 atom stereocenters. The number of carbonyl (C=O) groups excluding carboxylic acids is 1. The summed E-state index contributed by atoms with van der Waals surface area (Å²) in [4.78, 5) is 18.4. The van der Waals surface area contributed by atoms with Crippen molar-refractivity contribution in [1.29, 1.82) is 0 Å². The lowest BCUT2D eigenvalue weighted by Crippen LogP contribution is -2.47. The molecule has 2 amide bonds. The average Bonchev–Trinajstić information content (AvgIpc) is 3.16. The number of methoxy groups -OCH3 is 1. The van der Waals surface area contributed by atoms with Crippen molar-refractivity contribution in [3.05, 3.63) is 36.7 Å². The number of aromatic nitrogens is 4. The normalized spacial score (nSPS) is 16.1. The Morgan fingerprint density at radius 3 is 2.93 bits per heavy atom. The number of piperidine rings is 1. The third kappa shape index (κ3) is 5.16. The minimum absolute atomic E-state index is 0.0939. The highest BCUT2D eigenvalue weighted by molar-refractivity contribution is 5.74. The van der Waals surface area contributed by atoms with Crippen LogP contribution in [0.25, 0.3) is 0 Å². The molecule has 0 aliphatic carbocycles. The monoisotopic (exact) mass is 374 g/mol. The van der Waals surface area contributed by atoms with Crippen molar-refractivity contribution in [3.8, 4) is 5.75 Å². The van der Waals surface area contributed by atoms with E-state index in [9.17, 15) is 4.79 Å². The second kappa shape index (κ2) is 9.31. The predicted octanol–water partition coefficient (Wildman–Crippen LogP) is 1.63. The van der Waals surface area contributed by atoms with E-state index < -0.39 is 0 Å². The van der Waals surface area contributed by atoms with Crippen LogP contribution in [0.15, 0.2) is 30.9 Å². The molecule has 2 aromatic rings. The lowest BCUT2D eigenvalue weighted by Gasteiger charge is -2.32. The maximum absolute atomic E-state index is 12.6. The predicted molar refractivity (Wildman–Crippen MR) is 98.3 cm³/mol. The van der Waals surface area contributed by atoms with Crippen molar-refractivity contribution in [2.24, 2.45) is 0 Å². The number of hydrogen-bond donors (Lipinski definition) is 1. The summed E-state index contributed by atoms with van der Waals surface area (Å²) in [7, 11) is 1.65. The van der Waals surface area contributed by atoms with Crippen molar-refractivity contribution < 1.29 is 14.3 Å². The number of nitrogens with one attached hydrogen (secondary N) is 1. The van der Waals surface area contributed by atoms with E-state index in [1.54, 1.807) is 25.8 Å². The number of carbonyl (C=O) groups is 1. The Labute approximate surface area is 158 Å². The summed E-state index contributed by atoms with van der Waals surface area (Å²) in [5.41, 5.74) is 0. The van der Waals surface area contributed by atoms with Crippen LogP contribution in [-0.2, 0) is 11.3 Å². The number of pyridine rings is 1. The van der Waals surface area contributed by atoms with Gasteiger partial charge in [0.05, 0.1) is 18.8 Å². The highest BCUT2D eigenvalue weighted by Crippen LogP contribution is 2.18. The first-order valence-electron chi connectivity index (χ1n) is 9.16. The van der Waals surface area contributed by atoms with E-state index in [0.717, 1.165) is 24.4 Å². The molecule has 0 spiro atoms. The van der Waals surface area contributed by atoms with Gasteiger partial charge < -0.3 is 24.3 Å². The zero-order valence-electron chi connectivity index (χ0n) is 15.7. The van der Waals surface area contributed by atoms with E-state index in [0.29, 0.717) is 26.2 Å². The van der Waals surface area contributed by atoms with Gasteiger partial charge >= 0.3 is 6.03 Å². The van der Waals surface area contributed by atoms with E-state index in [1.165, 1.54) is 0 Å². The zero-order chi connectivity index (χ0) is 19.1. The van der Waals surface area contributed by atoms with Gasteiger partial charge in [-0.15, -0.1) is 10.2 Å². The zero-order valence-corrected chi connectivity index (χ0v) is 15.7.